The van der Waals surface area contributed by atoms with Gasteiger partial charge in [-0.25, -0.2) is 4.79 Å². The molecule has 2 aromatic carbocycles. The fraction of sp³-hybridized carbons (Fsp3) is 0.391. The third-order valence-electron chi connectivity index (χ3n) is 5.97. The van der Waals surface area contributed by atoms with E-state index in [9.17, 15) is 9.59 Å². The number of carbonyl (C=O) groups is 2. The molecular formula is C23H26N2O3. The monoisotopic (exact) mass is 378 g/mol. The van der Waals surface area contributed by atoms with Crippen LogP contribution in [0.3, 0.4) is 0 Å². The van der Waals surface area contributed by atoms with E-state index in [1.807, 2.05) is 17.0 Å². The number of likely N-dealkylation sites (tertiary alicyclic amines) is 1. The molecule has 0 spiro atoms. The number of hydrogen-bond donors (Lipinski definition) is 1. The second-order valence-corrected chi connectivity index (χ2v) is 7.84. The number of hydrogen-bond acceptors (Lipinski definition) is 3. The molecule has 0 radical (unpaired) electrons. The van der Waals surface area contributed by atoms with Gasteiger partial charge in [0.25, 0.3) is 0 Å². The van der Waals surface area contributed by atoms with Crippen LogP contribution in [-0.2, 0) is 17.8 Å². The van der Waals surface area contributed by atoms with E-state index in [2.05, 4.69) is 29.2 Å². The quantitative estimate of drug-likeness (QED) is 0.888. The zero-order valence-corrected chi connectivity index (χ0v) is 16.0. The van der Waals surface area contributed by atoms with Crippen LogP contribution in [0.2, 0.25) is 0 Å². The number of carboxylic acid groups (broad SMARTS) is 1. The van der Waals surface area contributed by atoms with Gasteiger partial charge >= 0.3 is 5.97 Å². The van der Waals surface area contributed by atoms with Crippen molar-refractivity contribution in [2.24, 2.45) is 0 Å². The SMILES string of the molecule is O=C(O)c1ccc([C@@H]2CCCN(C(=O)CN3CCc4ccccc4C3)C2)cc1. The van der Waals surface area contributed by atoms with Crippen molar-refractivity contribution in [3.8, 4) is 0 Å². The Balaban J connectivity index is 1.36. The summed E-state index contributed by atoms with van der Waals surface area (Å²) in [5.74, 6) is -0.427. The van der Waals surface area contributed by atoms with Crippen LogP contribution in [0.1, 0.15) is 45.8 Å². The number of carboxylic acids is 1. The number of nitrogens with zero attached hydrogens (tertiary/aromatic N) is 2. The molecule has 1 fully saturated rings. The highest BCUT2D eigenvalue weighted by Gasteiger charge is 2.27. The molecule has 5 nitrogen and oxygen atoms in total. The van der Waals surface area contributed by atoms with Crippen LogP contribution in [0.5, 0.6) is 0 Å². The molecule has 1 N–H and O–H groups in total. The molecule has 0 saturated carbocycles. The predicted molar refractivity (Wildman–Crippen MR) is 107 cm³/mol. The van der Waals surface area contributed by atoms with Crippen LogP contribution in [0.25, 0.3) is 0 Å². The van der Waals surface area contributed by atoms with Gasteiger partial charge in [0, 0.05) is 32.1 Å². The van der Waals surface area contributed by atoms with Gasteiger partial charge in [0.05, 0.1) is 12.1 Å². The van der Waals surface area contributed by atoms with Crippen LogP contribution in [0.4, 0.5) is 0 Å². The normalized spacial score (nSPS) is 19.9. The second kappa shape index (κ2) is 8.15. The Bertz CT molecular complexity index is 862. The maximum atomic E-state index is 12.9. The molecule has 146 valence electrons. The van der Waals surface area contributed by atoms with Crippen molar-refractivity contribution in [1.29, 1.82) is 0 Å². The van der Waals surface area contributed by atoms with E-state index in [4.69, 9.17) is 5.11 Å². The number of benzene rings is 2. The minimum Gasteiger partial charge on any atom is -0.478 e. The van der Waals surface area contributed by atoms with E-state index < -0.39 is 5.97 Å². The van der Waals surface area contributed by atoms with Crippen molar-refractivity contribution in [2.75, 3.05) is 26.2 Å². The van der Waals surface area contributed by atoms with Gasteiger partial charge < -0.3 is 10.0 Å². The summed E-state index contributed by atoms with van der Waals surface area (Å²) in [6.07, 6.45) is 3.02. The Hall–Kier alpha value is -2.66. The molecule has 0 unspecified atom stereocenters. The Kier molecular flexibility index (Phi) is 5.44. The van der Waals surface area contributed by atoms with Gasteiger partial charge in [-0.2, -0.15) is 0 Å². The maximum absolute atomic E-state index is 12.9. The summed E-state index contributed by atoms with van der Waals surface area (Å²) in [4.78, 5) is 28.2. The Morgan fingerprint density at radius 3 is 2.50 bits per heavy atom. The summed E-state index contributed by atoms with van der Waals surface area (Å²) in [7, 11) is 0. The summed E-state index contributed by atoms with van der Waals surface area (Å²) in [6, 6.07) is 15.6. The maximum Gasteiger partial charge on any atom is 0.335 e. The number of piperidine rings is 1. The van der Waals surface area contributed by atoms with Crippen molar-refractivity contribution in [3.05, 3.63) is 70.8 Å². The number of amides is 1. The first kappa shape index (κ1) is 18.7. The van der Waals surface area contributed by atoms with Crippen LogP contribution in [0, 0.1) is 0 Å². The summed E-state index contributed by atoms with van der Waals surface area (Å²) < 4.78 is 0. The van der Waals surface area contributed by atoms with Crippen LogP contribution >= 0.6 is 0 Å². The molecule has 0 bridgehead atoms. The highest BCUT2D eigenvalue weighted by Crippen LogP contribution is 2.27. The molecule has 5 heteroatoms. The van der Waals surface area contributed by atoms with Crippen molar-refractivity contribution in [1.82, 2.24) is 9.80 Å². The van der Waals surface area contributed by atoms with Gasteiger partial charge in [-0.05, 0) is 48.1 Å². The molecule has 2 aliphatic heterocycles. The van der Waals surface area contributed by atoms with E-state index in [1.54, 1.807) is 12.1 Å². The summed E-state index contributed by atoms with van der Waals surface area (Å²) in [5, 5.41) is 9.06. The van der Waals surface area contributed by atoms with Crippen molar-refractivity contribution in [2.45, 2.75) is 31.7 Å². The Morgan fingerprint density at radius 2 is 1.75 bits per heavy atom. The van der Waals surface area contributed by atoms with Gasteiger partial charge in [0.2, 0.25) is 5.91 Å². The lowest BCUT2D eigenvalue weighted by atomic mass is 9.90. The third kappa shape index (κ3) is 4.09. The van der Waals surface area contributed by atoms with Crippen LogP contribution in [0.15, 0.2) is 48.5 Å². The molecule has 0 aromatic heterocycles. The van der Waals surface area contributed by atoms with Gasteiger partial charge in [-0.1, -0.05) is 36.4 Å². The van der Waals surface area contributed by atoms with E-state index in [0.29, 0.717) is 12.1 Å². The highest BCUT2D eigenvalue weighted by molar-refractivity contribution is 5.87. The number of aromatic carboxylic acids is 1. The molecule has 28 heavy (non-hydrogen) atoms. The molecule has 1 saturated heterocycles. The second-order valence-electron chi connectivity index (χ2n) is 7.84. The summed E-state index contributed by atoms with van der Waals surface area (Å²) >= 11 is 0. The summed E-state index contributed by atoms with van der Waals surface area (Å²) in [6.45, 7) is 3.77. The van der Waals surface area contributed by atoms with Gasteiger partial charge in [0.1, 0.15) is 0 Å². The van der Waals surface area contributed by atoms with E-state index in [-0.39, 0.29) is 11.8 Å². The van der Waals surface area contributed by atoms with Crippen molar-refractivity contribution >= 4 is 11.9 Å². The predicted octanol–water partition coefficient (Wildman–Crippen LogP) is 3.15. The Morgan fingerprint density at radius 1 is 1.00 bits per heavy atom. The summed E-state index contributed by atoms with van der Waals surface area (Å²) in [5.41, 5.74) is 4.15. The number of carbonyl (C=O) groups excluding carboxylic acids is 1. The standard InChI is InChI=1S/C23H26N2O3/c26-22(16-24-13-11-17-4-1-2-5-20(17)14-24)25-12-3-6-21(15-25)18-7-9-19(10-8-18)23(27)28/h1-2,4-5,7-10,21H,3,6,11-16H2,(H,27,28)/t21-/m1/s1. The minimum atomic E-state index is -0.907. The fourth-order valence-corrected chi connectivity index (χ4v) is 4.35. The van der Waals surface area contributed by atoms with Gasteiger partial charge in [-0.3, -0.25) is 9.69 Å². The van der Waals surface area contributed by atoms with Gasteiger partial charge in [-0.15, -0.1) is 0 Å². The molecule has 1 amide bonds. The average molecular weight is 378 g/mol. The zero-order chi connectivity index (χ0) is 19.5. The van der Waals surface area contributed by atoms with E-state index in [1.165, 1.54) is 11.1 Å². The first-order valence-electron chi connectivity index (χ1n) is 10.0. The first-order chi connectivity index (χ1) is 13.6. The number of fused-ring (bicyclic) bond motifs is 1. The van der Waals surface area contributed by atoms with E-state index >= 15 is 0 Å². The van der Waals surface area contributed by atoms with E-state index in [0.717, 1.165) is 51.0 Å². The smallest absolute Gasteiger partial charge is 0.335 e. The molecule has 2 aliphatic rings. The fourth-order valence-electron chi connectivity index (χ4n) is 4.35. The third-order valence-corrected chi connectivity index (χ3v) is 5.97. The topological polar surface area (TPSA) is 60.9 Å². The first-order valence-corrected chi connectivity index (χ1v) is 10.0. The van der Waals surface area contributed by atoms with Crippen molar-refractivity contribution < 1.29 is 14.7 Å². The number of rotatable bonds is 4. The minimum absolute atomic E-state index is 0.200. The molecule has 2 heterocycles. The largest absolute Gasteiger partial charge is 0.478 e. The molecule has 2 aromatic rings. The lowest BCUT2D eigenvalue weighted by molar-refractivity contribution is -0.133. The highest BCUT2D eigenvalue weighted by atomic mass is 16.4. The Labute approximate surface area is 165 Å². The van der Waals surface area contributed by atoms with Crippen LogP contribution in [-0.4, -0.2) is 53.0 Å². The molecule has 1 atom stereocenters. The average Bonchev–Trinajstić information content (AvgIpc) is 2.74. The zero-order valence-electron chi connectivity index (χ0n) is 16.0. The van der Waals surface area contributed by atoms with Gasteiger partial charge in [0.15, 0.2) is 0 Å². The van der Waals surface area contributed by atoms with Crippen molar-refractivity contribution in [3.63, 3.8) is 0 Å². The molecule has 4 rings (SSSR count). The lowest BCUT2D eigenvalue weighted by Gasteiger charge is -2.35. The molecular weight excluding hydrogens is 352 g/mol. The lowest BCUT2D eigenvalue weighted by Crippen LogP contribution is -2.45. The molecule has 0 aliphatic carbocycles. The van der Waals surface area contributed by atoms with Crippen LogP contribution < -0.4 is 0 Å².